The monoisotopic (exact) mass is 302 g/mol. The third kappa shape index (κ3) is 6.35. The van der Waals surface area contributed by atoms with E-state index < -0.39 is 6.10 Å². The van der Waals surface area contributed by atoms with Crippen LogP contribution in [-0.4, -0.2) is 40.8 Å². The number of amides is 2. The Morgan fingerprint density at radius 3 is 2.80 bits per heavy atom. The average Bonchev–Trinajstić information content (AvgIpc) is 2.44. The Morgan fingerprint density at radius 1 is 1.40 bits per heavy atom. The molecule has 0 aliphatic heterocycles. The molecule has 118 valence electrons. The van der Waals surface area contributed by atoms with Crippen molar-refractivity contribution in [3.8, 4) is 0 Å². The fourth-order valence-electron chi connectivity index (χ4n) is 2.57. The van der Waals surface area contributed by atoms with Gasteiger partial charge < -0.3 is 15.7 Å². The summed E-state index contributed by atoms with van der Waals surface area (Å²) in [6, 6.07) is 0.146. The van der Waals surface area contributed by atoms with Gasteiger partial charge in [0.15, 0.2) is 0 Å². The molecule has 0 aromatic heterocycles. The van der Waals surface area contributed by atoms with Crippen LogP contribution in [0.2, 0.25) is 0 Å². The van der Waals surface area contributed by atoms with Gasteiger partial charge in [0, 0.05) is 17.8 Å². The number of aliphatic hydroxyl groups is 1. The van der Waals surface area contributed by atoms with Crippen LogP contribution >= 0.6 is 11.8 Å². The molecule has 0 heterocycles. The van der Waals surface area contributed by atoms with E-state index in [1.807, 2.05) is 25.6 Å². The highest BCUT2D eigenvalue weighted by Gasteiger charge is 2.23. The first-order valence-corrected chi connectivity index (χ1v) is 8.95. The van der Waals surface area contributed by atoms with Crippen LogP contribution in [0.3, 0.4) is 0 Å². The van der Waals surface area contributed by atoms with Gasteiger partial charge in [-0.1, -0.05) is 33.6 Å². The molecule has 0 spiro atoms. The maximum atomic E-state index is 11.9. The highest BCUT2D eigenvalue weighted by Crippen LogP contribution is 2.28. The molecule has 1 saturated carbocycles. The van der Waals surface area contributed by atoms with Gasteiger partial charge in [0.05, 0.1) is 6.10 Å². The number of nitrogens with one attached hydrogen (secondary N) is 2. The first kappa shape index (κ1) is 17.6. The highest BCUT2D eigenvalue weighted by molar-refractivity contribution is 7.99. The van der Waals surface area contributed by atoms with Gasteiger partial charge in [-0.15, -0.1) is 0 Å². The second-order valence-electron chi connectivity index (χ2n) is 5.75. The predicted molar refractivity (Wildman–Crippen MR) is 86.2 cm³/mol. The lowest BCUT2D eigenvalue weighted by molar-refractivity contribution is 0.114. The average molecular weight is 302 g/mol. The Morgan fingerprint density at radius 2 is 2.15 bits per heavy atom. The van der Waals surface area contributed by atoms with Crippen molar-refractivity contribution in [1.82, 2.24) is 10.6 Å². The summed E-state index contributed by atoms with van der Waals surface area (Å²) in [7, 11) is 0. The van der Waals surface area contributed by atoms with Gasteiger partial charge in [-0.3, -0.25) is 0 Å². The maximum absolute atomic E-state index is 11.9. The highest BCUT2D eigenvalue weighted by atomic mass is 32.2. The Bertz CT molecular complexity index is 287. The molecular weight excluding hydrogens is 272 g/mol. The number of aliphatic hydroxyl groups excluding tert-OH is 1. The fourth-order valence-corrected chi connectivity index (χ4v) is 3.74. The van der Waals surface area contributed by atoms with Crippen LogP contribution in [0.15, 0.2) is 0 Å². The molecule has 0 bridgehead atoms. The molecule has 1 aliphatic carbocycles. The van der Waals surface area contributed by atoms with Crippen LogP contribution in [-0.2, 0) is 0 Å². The minimum absolute atomic E-state index is 0.139. The number of carbonyl (C=O) groups is 1. The molecule has 0 saturated heterocycles. The third-order valence-electron chi connectivity index (χ3n) is 4.14. The number of carbonyl (C=O) groups excluding carboxylic acids is 1. The van der Waals surface area contributed by atoms with Crippen molar-refractivity contribution in [2.75, 3.05) is 12.3 Å². The van der Waals surface area contributed by atoms with Crippen LogP contribution in [0.5, 0.6) is 0 Å². The zero-order chi connectivity index (χ0) is 15.0. The zero-order valence-corrected chi connectivity index (χ0v) is 13.8. The summed E-state index contributed by atoms with van der Waals surface area (Å²) < 4.78 is 0. The van der Waals surface area contributed by atoms with Gasteiger partial charge in [-0.25, -0.2) is 4.79 Å². The van der Waals surface area contributed by atoms with Crippen molar-refractivity contribution >= 4 is 17.8 Å². The maximum Gasteiger partial charge on any atom is 0.315 e. The van der Waals surface area contributed by atoms with Gasteiger partial charge in [0.2, 0.25) is 0 Å². The van der Waals surface area contributed by atoms with E-state index in [9.17, 15) is 9.90 Å². The molecule has 1 aliphatic rings. The van der Waals surface area contributed by atoms with E-state index in [1.165, 1.54) is 12.8 Å². The third-order valence-corrected chi connectivity index (χ3v) is 5.37. The van der Waals surface area contributed by atoms with E-state index in [0.29, 0.717) is 11.8 Å². The van der Waals surface area contributed by atoms with Crippen molar-refractivity contribution in [1.29, 1.82) is 0 Å². The van der Waals surface area contributed by atoms with Crippen molar-refractivity contribution in [2.24, 2.45) is 5.92 Å². The zero-order valence-electron chi connectivity index (χ0n) is 13.0. The minimum atomic E-state index is -0.458. The topological polar surface area (TPSA) is 61.4 Å². The summed E-state index contributed by atoms with van der Waals surface area (Å²) >= 11 is 2.00. The molecule has 4 atom stereocenters. The molecule has 3 N–H and O–H groups in total. The Labute approximate surface area is 127 Å². The normalized spacial score (nSPS) is 25.8. The van der Waals surface area contributed by atoms with Crippen LogP contribution in [0.25, 0.3) is 0 Å². The van der Waals surface area contributed by atoms with Crippen molar-refractivity contribution in [3.63, 3.8) is 0 Å². The largest absolute Gasteiger partial charge is 0.391 e. The predicted octanol–water partition coefficient (Wildman–Crippen LogP) is 2.76. The molecular formula is C15H30N2O2S. The fraction of sp³-hybridized carbons (Fsp3) is 0.933. The van der Waals surface area contributed by atoms with Gasteiger partial charge in [0.1, 0.15) is 0 Å². The lowest BCUT2D eigenvalue weighted by atomic mass is 9.95. The smallest absolute Gasteiger partial charge is 0.315 e. The van der Waals surface area contributed by atoms with E-state index >= 15 is 0 Å². The SMILES string of the molecule is CCSC1CCCC(NC(=O)NCC(O)C(C)CC)C1. The van der Waals surface area contributed by atoms with Crippen molar-refractivity contribution in [3.05, 3.63) is 0 Å². The molecule has 2 amide bonds. The second-order valence-corrected chi connectivity index (χ2v) is 7.33. The summed E-state index contributed by atoms with van der Waals surface area (Å²) in [4.78, 5) is 11.9. The van der Waals surface area contributed by atoms with Gasteiger partial charge in [-0.05, 0) is 30.9 Å². The lowest BCUT2D eigenvalue weighted by Gasteiger charge is -2.29. The Kier molecular flexibility index (Phi) is 8.38. The molecule has 4 unspecified atom stereocenters. The molecule has 0 aromatic carbocycles. The van der Waals surface area contributed by atoms with Crippen LogP contribution in [0.4, 0.5) is 4.79 Å². The van der Waals surface area contributed by atoms with Crippen LogP contribution in [0.1, 0.15) is 52.9 Å². The number of urea groups is 1. The molecule has 4 nitrogen and oxygen atoms in total. The van der Waals surface area contributed by atoms with Crippen LogP contribution in [0, 0.1) is 5.92 Å². The number of thioether (sulfide) groups is 1. The van der Waals surface area contributed by atoms with Gasteiger partial charge >= 0.3 is 6.03 Å². The number of hydrogen-bond acceptors (Lipinski definition) is 3. The first-order chi connectivity index (χ1) is 9.56. The molecule has 0 aromatic rings. The summed E-state index contributed by atoms with van der Waals surface area (Å²) in [5.74, 6) is 1.36. The number of rotatable bonds is 7. The van der Waals surface area contributed by atoms with Crippen LogP contribution < -0.4 is 10.6 Å². The molecule has 20 heavy (non-hydrogen) atoms. The quantitative estimate of drug-likeness (QED) is 0.677. The first-order valence-electron chi connectivity index (χ1n) is 7.90. The van der Waals surface area contributed by atoms with Crippen molar-refractivity contribution in [2.45, 2.75) is 70.3 Å². The van der Waals surface area contributed by atoms with E-state index in [2.05, 4.69) is 17.6 Å². The van der Waals surface area contributed by atoms with E-state index in [1.54, 1.807) is 0 Å². The summed E-state index contributed by atoms with van der Waals surface area (Å²) in [5.41, 5.74) is 0. The van der Waals surface area contributed by atoms with Crippen molar-refractivity contribution < 1.29 is 9.90 Å². The molecule has 1 fully saturated rings. The van der Waals surface area contributed by atoms with E-state index in [4.69, 9.17) is 0 Å². The van der Waals surface area contributed by atoms with Gasteiger partial charge in [-0.2, -0.15) is 11.8 Å². The standard InChI is InChI=1S/C15H30N2O2S/c1-4-11(3)14(18)10-16-15(19)17-12-7-6-8-13(9-12)20-5-2/h11-14,18H,4-10H2,1-3H3,(H2,16,17,19). The number of hydrogen-bond donors (Lipinski definition) is 3. The molecule has 5 heteroatoms. The summed E-state index contributed by atoms with van der Waals surface area (Å²) in [6.07, 6.45) is 5.06. The molecule has 1 rings (SSSR count). The van der Waals surface area contributed by atoms with Gasteiger partial charge in [0.25, 0.3) is 0 Å². The van der Waals surface area contributed by atoms with E-state index in [0.717, 1.165) is 25.0 Å². The second kappa shape index (κ2) is 9.50. The summed E-state index contributed by atoms with van der Waals surface area (Å²) in [6.45, 7) is 6.56. The Balaban J connectivity index is 2.24. The minimum Gasteiger partial charge on any atom is -0.391 e. The molecule has 0 radical (unpaired) electrons. The lowest BCUT2D eigenvalue weighted by Crippen LogP contribution is -2.47. The summed E-state index contributed by atoms with van der Waals surface area (Å²) in [5, 5.41) is 16.4. The Hall–Kier alpha value is -0.420. The van der Waals surface area contributed by atoms with E-state index in [-0.39, 0.29) is 18.0 Å².